The molecule has 11 heavy (non-hydrogen) atoms. The van der Waals surface area contributed by atoms with Crippen LogP contribution in [0.25, 0.3) is 0 Å². The lowest BCUT2D eigenvalue weighted by atomic mass is 10.2. The van der Waals surface area contributed by atoms with E-state index in [0.717, 1.165) is 5.92 Å². The van der Waals surface area contributed by atoms with Gasteiger partial charge in [-0.2, -0.15) is 0 Å². The van der Waals surface area contributed by atoms with Gasteiger partial charge in [-0.15, -0.1) is 0 Å². The molecule has 68 valence electrons. The second-order valence-electron chi connectivity index (χ2n) is 3.40. The first-order valence-corrected chi connectivity index (χ1v) is 5.01. The Bertz CT molecular complexity index is 72.9. The van der Waals surface area contributed by atoms with Crippen LogP contribution in [0.3, 0.4) is 0 Å². The molecule has 0 aliphatic carbocycles. The minimum Gasteiger partial charge on any atom is -0.303 e. The normalized spacial score (nSPS) is 18.3. The molecular formula is C10H23N. The average Bonchev–Trinajstić information content (AvgIpc) is 2.43. The lowest BCUT2D eigenvalue weighted by Gasteiger charge is -2.16. The van der Waals surface area contributed by atoms with E-state index in [4.69, 9.17) is 0 Å². The Hall–Kier alpha value is -0.0400. The van der Waals surface area contributed by atoms with Gasteiger partial charge in [0.25, 0.3) is 0 Å². The van der Waals surface area contributed by atoms with E-state index in [-0.39, 0.29) is 0 Å². The van der Waals surface area contributed by atoms with Crippen LogP contribution in [0.1, 0.15) is 40.5 Å². The molecule has 1 saturated heterocycles. The minimum absolute atomic E-state index is 0.850. The van der Waals surface area contributed by atoms with Gasteiger partial charge in [0.15, 0.2) is 0 Å². The topological polar surface area (TPSA) is 3.24 Å². The highest BCUT2D eigenvalue weighted by molar-refractivity contribution is 4.66. The quantitative estimate of drug-likeness (QED) is 0.596. The Kier molecular flexibility index (Phi) is 6.63. The Morgan fingerprint density at radius 1 is 1.09 bits per heavy atom. The highest BCUT2D eigenvalue weighted by Crippen LogP contribution is 2.09. The van der Waals surface area contributed by atoms with Gasteiger partial charge >= 0.3 is 0 Å². The van der Waals surface area contributed by atoms with Crippen molar-refractivity contribution in [3.8, 4) is 0 Å². The van der Waals surface area contributed by atoms with Gasteiger partial charge in [-0.3, -0.25) is 0 Å². The number of hydrogen-bond donors (Lipinski definition) is 0. The molecule has 1 heteroatoms. The summed E-state index contributed by atoms with van der Waals surface area (Å²) >= 11 is 0. The summed E-state index contributed by atoms with van der Waals surface area (Å²) in [5, 5.41) is 0. The van der Waals surface area contributed by atoms with Gasteiger partial charge < -0.3 is 4.90 Å². The molecule has 1 aliphatic rings. The van der Waals surface area contributed by atoms with Crippen LogP contribution in [0.15, 0.2) is 0 Å². The second kappa shape index (κ2) is 6.66. The lowest BCUT2D eigenvalue weighted by Crippen LogP contribution is -2.23. The Labute approximate surface area is 71.8 Å². The number of nitrogens with zero attached hydrogens (tertiary/aromatic N) is 1. The van der Waals surface area contributed by atoms with Crippen LogP contribution in [0.4, 0.5) is 0 Å². The zero-order valence-electron chi connectivity index (χ0n) is 8.56. The maximum Gasteiger partial charge on any atom is 0.000438 e. The van der Waals surface area contributed by atoms with E-state index in [1.165, 1.54) is 32.5 Å². The fourth-order valence-corrected chi connectivity index (χ4v) is 1.48. The summed E-state index contributed by atoms with van der Waals surface area (Å²) in [7, 11) is 0. The molecule has 0 unspecified atom stereocenters. The second-order valence-corrected chi connectivity index (χ2v) is 3.40. The molecular weight excluding hydrogens is 134 g/mol. The standard InChI is InChI=1S/C8H17N.C2H6/c1-8(2)7-9-5-3-4-6-9;1-2/h8H,3-7H2,1-2H3;1-2H3. The van der Waals surface area contributed by atoms with Gasteiger partial charge in [0.2, 0.25) is 0 Å². The summed E-state index contributed by atoms with van der Waals surface area (Å²) < 4.78 is 0. The number of likely N-dealkylation sites (tertiary alicyclic amines) is 1. The van der Waals surface area contributed by atoms with E-state index >= 15 is 0 Å². The van der Waals surface area contributed by atoms with E-state index in [1.54, 1.807) is 0 Å². The van der Waals surface area contributed by atoms with Crippen molar-refractivity contribution in [2.75, 3.05) is 19.6 Å². The van der Waals surface area contributed by atoms with Gasteiger partial charge in [0.05, 0.1) is 0 Å². The summed E-state index contributed by atoms with van der Waals surface area (Å²) in [4.78, 5) is 2.56. The largest absolute Gasteiger partial charge is 0.303 e. The van der Waals surface area contributed by atoms with E-state index in [2.05, 4.69) is 18.7 Å². The van der Waals surface area contributed by atoms with Crippen molar-refractivity contribution in [3.05, 3.63) is 0 Å². The third kappa shape index (κ3) is 5.25. The maximum absolute atomic E-state index is 2.56. The molecule has 0 atom stereocenters. The van der Waals surface area contributed by atoms with Gasteiger partial charge in [-0.1, -0.05) is 27.7 Å². The molecule has 0 aromatic heterocycles. The van der Waals surface area contributed by atoms with Crippen molar-refractivity contribution in [2.45, 2.75) is 40.5 Å². The van der Waals surface area contributed by atoms with Gasteiger partial charge in [0.1, 0.15) is 0 Å². The summed E-state index contributed by atoms with van der Waals surface area (Å²) in [6.45, 7) is 12.6. The summed E-state index contributed by atoms with van der Waals surface area (Å²) in [5.41, 5.74) is 0. The Morgan fingerprint density at radius 2 is 1.55 bits per heavy atom. The molecule has 0 aromatic carbocycles. The van der Waals surface area contributed by atoms with E-state index in [9.17, 15) is 0 Å². The molecule has 1 rings (SSSR count). The van der Waals surface area contributed by atoms with Gasteiger partial charge in [0, 0.05) is 6.54 Å². The predicted molar refractivity (Wildman–Crippen MR) is 51.9 cm³/mol. The number of hydrogen-bond acceptors (Lipinski definition) is 1. The van der Waals surface area contributed by atoms with Crippen molar-refractivity contribution in [1.82, 2.24) is 4.90 Å². The van der Waals surface area contributed by atoms with Crippen LogP contribution in [-0.4, -0.2) is 24.5 Å². The van der Waals surface area contributed by atoms with Crippen LogP contribution < -0.4 is 0 Å². The monoisotopic (exact) mass is 157 g/mol. The molecule has 0 amide bonds. The first-order valence-electron chi connectivity index (χ1n) is 5.01. The lowest BCUT2D eigenvalue weighted by molar-refractivity contribution is 0.298. The van der Waals surface area contributed by atoms with E-state index < -0.39 is 0 Å². The van der Waals surface area contributed by atoms with Crippen LogP contribution >= 0.6 is 0 Å². The summed E-state index contributed by atoms with van der Waals surface area (Å²) in [6.07, 6.45) is 2.85. The van der Waals surface area contributed by atoms with Crippen LogP contribution in [0.2, 0.25) is 0 Å². The smallest absolute Gasteiger partial charge is 0.000438 e. The van der Waals surface area contributed by atoms with Crippen LogP contribution in [0.5, 0.6) is 0 Å². The van der Waals surface area contributed by atoms with Crippen molar-refractivity contribution >= 4 is 0 Å². The van der Waals surface area contributed by atoms with Gasteiger partial charge in [-0.05, 0) is 31.8 Å². The Morgan fingerprint density at radius 3 is 1.91 bits per heavy atom. The molecule has 0 radical (unpaired) electrons. The third-order valence-corrected chi connectivity index (χ3v) is 1.82. The van der Waals surface area contributed by atoms with E-state index in [0.29, 0.717) is 0 Å². The molecule has 1 fully saturated rings. The zero-order valence-corrected chi connectivity index (χ0v) is 8.56. The third-order valence-electron chi connectivity index (χ3n) is 1.82. The predicted octanol–water partition coefficient (Wildman–Crippen LogP) is 2.76. The summed E-state index contributed by atoms with van der Waals surface area (Å²) in [6, 6.07) is 0. The highest BCUT2D eigenvalue weighted by Gasteiger charge is 2.11. The van der Waals surface area contributed by atoms with Crippen LogP contribution in [0, 0.1) is 5.92 Å². The van der Waals surface area contributed by atoms with Gasteiger partial charge in [-0.25, -0.2) is 0 Å². The molecule has 0 aromatic rings. The van der Waals surface area contributed by atoms with Crippen molar-refractivity contribution < 1.29 is 0 Å². The first-order chi connectivity index (χ1) is 5.29. The fourth-order valence-electron chi connectivity index (χ4n) is 1.48. The average molecular weight is 157 g/mol. The van der Waals surface area contributed by atoms with Crippen LogP contribution in [-0.2, 0) is 0 Å². The fraction of sp³-hybridized carbons (Fsp3) is 1.00. The molecule has 0 spiro atoms. The first kappa shape index (κ1) is 11.0. The summed E-state index contributed by atoms with van der Waals surface area (Å²) in [5.74, 6) is 0.850. The molecule has 0 saturated carbocycles. The van der Waals surface area contributed by atoms with Crippen molar-refractivity contribution in [1.29, 1.82) is 0 Å². The SMILES string of the molecule is CC.CC(C)CN1CCCC1. The molecule has 1 nitrogen and oxygen atoms in total. The maximum atomic E-state index is 2.56. The highest BCUT2D eigenvalue weighted by atomic mass is 15.1. The van der Waals surface area contributed by atoms with Crippen molar-refractivity contribution in [2.24, 2.45) is 5.92 Å². The zero-order chi connectivity index (χ0) is 8.69. The Balaban J connectivity index is 0.000000461. The minimum atomic E-state index is 0.850. The molecule has 1 aliphatic heterocycles. The molecule has 0 N–H and O–H groups in total. The molecule has 0 bridgehead atoms. The van der Waals surface area contributed by atoms with Crippen molar-refractivity contribution in [3.63, 3.8) is 0 Å². The van der Waals surface area contributed by atoms with E-state index in [1.807, 2.05) is 13.8 Å². The number of rotatable bonds is 2. The molecule has 1 heterocycles.